The predicted octanol–water partition coefficient (Wildman–Crippen LogP) is -0.376. The fourth-order valence-corrected chi connectivity index (χ4v) is 0.725. The number of nitrogens with zero attached hydrogens (tertiary/aromatic N) is 1. The van der Waals surface area contributed by atoms with E-state index in [1.807, 2.05) is 0 Å². The van der Waals surface area contributed by atoms with Gasteiger partial charge in [-0.05, 0) is 6.07 Å². The molecule has 0 fully saturated rings. The molecule has 7 heteroatoms. The topological polar surface area (TPSA) is 12.9 Å². The maximum absolute atomic E-state index is 12.7. The smallest absolute Gasteiger partial charge is 0.445 e. The van der Waals surface area contributed by atoms with Crippen molar-refractivity contribution in [3.63, 3.8) is 0 Å². The molecule has 70 valence electrons. The van der Waals surface area contributed by atoms with Crippen molar-refractivity contribution in [2.75, 3.05) is 0 Å². The maximum atomic E-state index is 12.7. The van der Waals surface area contributed by atoms with E-state index in [0.717, 1.165) is 12.3 Å². The van der Waals surface area contributed by atoms with Gasteiger partial charge < -0.3 is 12.9 Å². The summed E-state index contributed by atoms with van der Waals surface area (Å²) in [6.45, 7) is -5.02. The van der Waals surface area contributed by atoms with Crippen molar-refractivity contribution in [3.05, 3.63) is 35.8 Å². The van der Waals surface area contributed by atoms with Crippen LogP contribution in [0.3, 0.4) is 0 Å². The van der Waals surface area contributed by atoms with Crippen molar-refractivity contribution < 1.29 is 68.7 Å². The number of hydrogen-bond acceptors (Lipinski definition) is 1. The van der Waals surface area contributed by atoms with Gasteiger partial charge in [-0.25, -0.2) is 4.39 Å². The summed E-state index contributed by atoms with van der Waals surface area (Å²) in [6, 6.07) is 1.00. The molecule has 1 aromatic rings. The summed E-state index contributed by atoms with van der Waals surface area (Å²) in [6.07, 6.45) is 2.88. The van der Waals surface area contributed by atoms with Gasteiger partial charge in [-0.1, -0.05) is 6.08 Å². The first-order chi connectivity index (χ1) is 5.99. The van der Waals surface area contributed by atoms with Crippen molar-refractivity contribution in [2.45, 2.75) is 0 Å². The van der Waals surface area contributed by atoms with Crippen molar-refractivity contribution in [1.82, 2.24) is 4.98 Å². The van der Waals surface area contributed by atoms with Crippen LogP contribution in [0.1, 0.15) is 5.56 Å². The molecule has 0 spiro atoms. The Hall–Kier alpha value is 0.311. The van der Waals surface area contributed by atoms with Crippen molar-refractivity contribution >= 4 is 13.1 Å². The molecule has 0 bridgehead atoms. The zero-order chi connectivity index (χ0) is 9.90. The van der Waals surface area contributed by atoms with Crippen molar-refractivity contribution in [2.24, 2.45) is 0 Å². The molecule has 1 aromatic heterocycles. The number of rotatable bonds is 2. The van der Waals surface area contributed by atoms with Crippen LogP contribution in [0.4, 0.5) is 17.3 Å². The largest absolute Gasteiger partial charge is 1.00 e. The van der Waals surface area contributed by atoms with E-state index in [0.29, 0.717) is 6.08 Å². The van der Waals surface area contributed by atoms with Gasteiger partial charge in [0.2, 0.25) is 0 Å². The third kappa shape index (κ3) is 5.26. The summed E-state index contributed by atoms with van der Waals surface area (Å²) in [5, 5.41) is 0. The fourth-order valence-electron chi connectivity index (χ4n) is 0.725. The van der Waals surface area contributed by atoms with E-state index in [4.69, 9.17) is 0 Å². The number of halogens is 4. The van der Waals surface area contributed by atoms with Gasteiger partial charge in [-0.2, -0.15) is 0 Å². The molecule has 0 unspecified atom stereocenters. The number of aromatic nitrogens is 1. The Morgan fingerprint density at radius 2 is 1.93 bits per heavy atom. The van der Waals surface area contributed by atoms with Crippen LogP contribution in [-0.4, -0.2) is 12.0 Å². The molecule has 0 aliphatic carbocycles. The molecule has 1 rings (SSSR count). The second-order valence-electron chi connectivity index (χ2n) is 2.38. The van der Waals surface area contributed by atoms with Crippen LogP contribution < -0.4 is 51.4 Å². The molecule has 1 heterocycles. The zero-order valence-electron chi connectivity index (χ0n) is 7.42. The van der Waals surface area contributed by atoms with E-state index in [2.05, 4.69) is 4.98 Å². The molecule has 0 N–H and O–H groups in total. The Morgan fingerprint density at radius 1 is 1.29 bits per heavy atom. The molecule has 0 saturated carbocycles. The van der Waals surface area contributed by atoms with E-state index in [-0.39, 0.29) is 62.9 Å². The van der Waals surface area contributed by atoms with Crippen LogP contribution >= 0.6 is 0 Å². The van der Waals surface area contributed by atoms with Crippen LogP contribution in [-0.2, 0) is 0 Å². The number of hydrogen-bond donors (Lipinski definition) is 0. The Balaban J connectivity index is 0.00000169. The molecular weight excluding hydrogens is 224 g/mol. The summed E-state index contributed by atoms with van der Waals surface area (Å²) in [7, 11) is 0. The van der Waals surface area contributed by atoms with Gasteiger partial charge in [-0.3, -0.25) is 4.98 Å². The zero-order valence-corrected chi connectivity index (χ0v) is 10.5. The van der Waals surface area contributed by atoms with Crippen LogP contribution in [0.15, 0.2) is 24.4 Å². The molecule has 0 aliphatic heterocycles. The molecule has 0 saturated heterocycles. The minimum Gasteiger partial charge on any atom is -0.445 e. The first-order valence-corrected chi connectivity index (χ1v) is 3.48. The Labute approximate surface area is 121 Å². The van der Waals surface area contributed by atoms with E-state index in [1.54, 1.807) is 0 Å². The van der Waals surface area contributed by atoms with Crippen LogP contribution in [0.5, 0.6) is 0 Å². The predicted molar refractivity (Wildman–Crippen MR) is 42.3 cm³/mol. The standard InChI is InChI=1S/C7H5BF4N.K/c9-7-2-4-13-5-6(7)1-3-8(10,11)12;/h1-5H;/q-1;+1/b3-1+;. The molecule has 0 aromatic carbocycles. The quantitative estimate of drug-likeness (QED) is 0.497. The van der Waals surface area contributed by atoms with Crippen molar-refractivity contribution in [3.8, 4) is 0 Å². The van der Waals surface area contributed by atoms with Gasteiger partial charge in [0, 0.05) is 18.0 Å². The minimum atomic E-state index is -5.02. The minimum absolute atomic E-state index is 0. The molecule has 14 heavy (non-hydrogen) atoms. The third-order valence-electron chi connectivity index (χ3n) is 1.29. The normalized spacial score (nSPS) is 11.4. The van der Waals surface area contributed by atoms with Crippen LogP contribution in [0, 0.1) is 5.82 Å². The van der Waals surface area contributed by atoms with Gasteiger partial charge in [0.25, 0.3) is 0 Å². The molecule has 0 amide bonds. The molecule has 0 atom stereocenters. The monoisotopic (exact) mass is 229 g/mol. The van der Waals surface area contributed by atoms with Gasteiger partial charge >= 0.3 is 58.4 Å². The maximum Gasteiger partial charge on any atom is 1.00 e. The summed E-state index contributed by atoms with van der Waals surface area (Å²) >= 11 is 0. The van der Waals surface area contributed by atoms with Gasteiger partial charge in [-0.15, -0.1) is 5.98 Å². The average Bonchev–Trinajstić information content (AvgIpc) is 2.01. The van der Waals surface area contributed by atoms with Crippen LogP contribution in [0.2, 0.25) is 0 Å². The van der Waals surface area contributed by atoms with Crippen molar-refractivity contribution in [1.29, 1.82) is 0 Å². The SMILES string of the molecule is Fc1ccncc1/C=C/[B-](F)(F)F.[K+]. The van der Waals surface area contributed by atoms with Gasteiger partial charge in [0.1, 0.15) is 5.82 Å². The average molecular weight is 229 g/mol. The van der Waals surface area contributed by atoms with E-state index < -0.39 is 12.8 Å². The Kier molecular flexibility index (Phi) is 6.15. The first-order valence-electron chi connectivity index (χ1n) is 3.48. The van der Waals surface area contributed by atoms with Gasteiger partial charge in [0.05, 0.1) is 0 Å². The fraction of sp³-hybridized carbons (Fsp3) is 0. The summed E-state index contributed by atoms with van der Waals surface area (Å²) in [5.74, 6) is -0.689. The van der Waals surface area contributed by atoms with E-state index in [9.17, 15) is 17.3 Å². The molecule has 1 nitrogen and oxygen atoms in total. The summed E-state index contributed by atoms with van der Waals surface area (Å²) in [5.41, 5.74) is -0.165. The second-order valence-corrected chi connectivity index (χ2v) is 2.38. The molecule has 0 aliphatic rings. The first kappa shape index (κ1) is 14.3. The Bertz CT molecular complexity index is 326. The second kappa shape index (κ2) is 6.02. The Morgan fingerprint density at radius 3 is 2.43 bits per heavy atom. The van der Waals surface area contributed by atoms with E-state index in [1.165, 1.54) is 6.20 Å². The molecule has 0 radical (unpaired) electrons. The summed E-state index contributed by atoms with van der Waals surface area (Å²) in [4.78, 5) is 3.49. The van der Waals surface area contributed by atoms with E-state index >= 15 is 0 Å². The van der Waals surface area contributed by atoms with Crippen LogP contribution in [0.25, 0.3) is 6.08 Å². The number of pyridine rings is 1. The summed E-state index contributed by atoms with van der Waals surface area (Å²) < 4.78 is 47.8. The van der Waals surface area contributed by atoms with Gasteiger partial charge in [0.15, 0.2) is 0 Å². The third-order valence-corrected chi connectivity index (χ3v) is 1.29. The molecular formula is C7H5BF4KN.